The predicted molar refractivity (Wildman–Crippen MR) is 70.3 cm³/mol. The molecule has 1 heterocycles. The van der Waals surface area contributed by atoms with Crippen LogP contribution in [0.3, 0.4) is 0 Å². The van der Waals surface area contributed by atoms with Crippen molar-refractivity contribution in [1.82, 2.24) is 4.98 Å². The van der Waals surface area contributed by atoms with E-state index in [1.165, 1.54) is 12.1 Å². The smallest absolute Gasteiger partial charge is 0.126 e. The summed E-state index contributed by atoms with van der Waals surface area (Å²) >= 11 is 12.1. The Hall–Kier alpha value is -0.860. The van der Waals surface area contributed by atoms with Crippen LogP contribution in [0.1, 0.15) is 19.5 Å². The number of hydrogen-bond donors (Lipinski definition) is 0. The number of hydrogen-bond acceptors (Lipinski definition) is 1. The highest BCUT2D eigenvalue weighted by Gasteiger charge is 2.10. The molecule has 2 rings (SSSR count). The fourth-order valence-corrected chi connectivity index (χ4v) is 2.49. The molecule has 0 amide bonds. The van der Waals surface area contributed by atoms with Crippen molar-refractivity contribution in [2.75, 3.05) is 0 Å². The number of halogens is 3. The highest BCUT2D eigenvalue weighted by molar-refractivity contribution is 6.42. The Morgan fingerprint density at radius 2 is 1.82 bits per heavy atom. The molecule has 4 heteroatoms. The first-order valence-electron chi connectivity index (χ1n) is 5.41. The lowest BCUT2D eigenvalue weighted by atomic mass is 10.1. The molecule has 1 aromatic heterocycles. The van der Waals surface area contributed by atoms with Gasteiger partial charge >= 0.3 is 0 Å². The summed E-state index contributed by atoms with van der Waals surface area (Å²) in [6.45, 7) is 4.19. The van der Waals surface area contributed by atoms with Crippen LogP contribution in [0.15, 0.2) is 18.2 Å². The van der Waals surface area contributed by atoms with Gasteiger partial charge in [-0.2, -0.15) is 0 Å². The Labute approximate surface area is 110 Å². The molecule has 0 bridgehead atoms. The average molecular weight is 272 g/mol. The monoisotopic (exact) mass is 271 g/mol. The first-order valence-corrected chi connectivity index (χ1v) is 6.17. The van der Waals surface area contributed by atoms with E-state index in [4.69, 9.17) is 23.2 Å². The quantitative estimate of drug-likeness (QED) is 0.759. The molecule has 0 fully saturated rings. The number of aromatic nitrogens is 1. The van der Waals surface area contributed by atoms with Gasteiger partial charge in [0, 0.05) is 17.1 Å². The van der Waals surface area contributed by atoms with E-state index in [0.717, 1.165) is 12.1 Å². The lowest BCUT2D eigenvalue weighted by Gasteiger charge is -2.08. The molecular formula is C13H12Cl2FN. The summed E-state index contributed by atoms with van der Waals surface area (Å²) in [6.07, 6.45) is 0.809. The molecule has 0 aliphatic rings. The molecular weight excluding hydrogens is 260 g/mol. The second-order valence-corrected chi connectivity index (χ2v) is 5.29. The van der Waals surface area contributed by atoms with Crippen molar-refractivity contribution in [3.05, 3.63) is 39.8 Å². The Kier molecular flexibility index (Phi) is 3.55. The van der Waals surface area contributed by atoms with Crippen LogP contribution in [0.4, 0.5) is 4.39 Å². The molecule has 0 spiro atoms. The summed E-state index contributed by atoms with van der Waals surface area (Å²) < 4.78 is 13.3. The number of benzene rings is 1. The zero-order valence-electron chi connectivity index (χ0n) is 9.60. The maximum Gasteiger partial charge on any atom is 0.126 e. The second kappa shape index (κ2) is 4.79. The fraction of sp³-hybridized carbons (Fsp3) is 0.308. The van der Waals surface area contributed by atoms with Crippen molar-refractivity contribution in [2.45, 2.75) is 20.3 Å². The molecule has 0 unspecified atom stereocenters. The standard InChI is InChI=1S/C13H12Cl2FN/c1-7(2)3-9-6-11(15)13-10(14)4-8(16)5-12(13)17-9/h4-7H,3H2,1-2H3. The topological polar surface area (TPSA) is 12.9 Å². The van der Waals surface area contributed by atoms with Crippen LogP contribution in [0.25, 0.3) is 10.9 Å². The van der Waals surface area contributed by atoms with Gasteiger partial charge in [0.05, 0.1) is 15.6 Å². The van der Waals surface area contributed by atoms with Crippen molar-refractivity contribution in [3.8, 4) is 0 Å². The lowest BCUT2D eigenvalue weighted by molar-refractivity contribution is 0.628. The zero-order valence-corrected chi connectivity index (χ0v) is 11.1. The van der Waals surface area contributed by atoms with Crippen molar-refractivity contribution in [1.29, 1.82) is 0 Å². The Balaban J connectivity index is 2.64. The van der Waals surface area contributed by atoms with E-state index >= 15 is 0 Å². The van der Waals surface area contributed by atoms with Gasteiger partial charge in [0.2, 0.25) is 0 Å². The first-order chi connectivity index (χ1) is 7.97. The summed E-state index contributed by atoms with van der Waals surface area (Å²) in [4.78, 5) is 4.39. The minimum Gasteiger partial charge on any atom is -0.253 e. The Morgan fingerprint density at radius 1 is 1.18 bits per heavy atom. The molecule has 0 aliphatic heterocycles. The summed E-state index contributed by atoms with van der Waals surface area (Å²) in [5.41, 5.74) is 1.37. The van der Waals surface area contributed by atoms with Crippen molar-refractivity contribution in [3.63, 3.8) is 0 Å². The van der Waals surface area contributed by atoms with Gasteiger partial charge in [-0.05, 0) is 24.5 Å². The minimum absolute atomic E-state index is 0.300. The van der Waals surface area contributed by atoms with Crippen LogP contribution in [-0.2, 0) is 6.42 Å². The SMILES string of the molecule is CC(C)Cc1cc(Cl)c2c(Cl)cc(F)cc2n1. The van der Waals surface area contributed by atoms with Crippen LogP contribution in [-0.4, -0.2) is 4.98 Å². The minimum atomic E-state index is -0.396. The Morgan fingerprint density at radius 3 is 2.47 bits per heavy atom. The molecule has 1 nitrogen and oxygen atoms in total. The van der Waals surface area contributed by atoms with E-state index < -0.39 is 5.82 Å². The van der Waals surface area contributed by atoms with Crippen LogP contribution >= 0.6 is 23.2 Å². The Bertz CT molecular complexity index is 567. The number of nitrogens with zero attached hydrogens (tertiary/aromatic N) is 1. The predicted octanol–water partition coefficient (Wildman–Crippen LogP) is 4.88. The summed E-state index contributed by atoms with van der Waals surface area (Å²) in [5.74, 6) is 0.0767. The van der Waals surface area contributed by atoms with Gasteiger partial charge in [0.15, 0.2) is 0 Å². The maximum absolute atomic E-state index is 13.3. The first kappa shape index (κ1) is 12.6. The van der Waals surface area contributed by atoms with Crippen molar-refractivity contribution in [2.24, 2.45) is 5.92 Å². The van der Waals surface area contributed by atoms with Crippen molar-refractivity contribution >= 4 is 34.1 Å². The molecule has 1 aromatic carbocycles. The summed E-state index contributed by atoms with van der Waals surface area (Å²) in [6, 6.07) is 4.41. The second-order valence-electron chi connectivity index (χ2n) is 4.48. The van der Waals surface area contributed by atoms with E-state index in [1.54, 1.807) is 6.07 Å². The largest absolute Gasteiger partial charge is 0.253 e. The van der Waals surface area contributed by atoms with Crippen LogP contribution in [0.5, 0.6) is 0 Å². The van der Waals surface area contributed by atoms with E-state index in [-0.39, 0.29) is 0 Å². The van der Waals surface area contributed by atoms with Gasteiger partial charge in [-0.3, -0.25) is 4.98 Å². The summed E-state index contributed by atoms with van der Waals surface area (Å²) in [5, 5.41) is 1.44. The van der Waals surface area contributed by atoms with Crippen LogP contribution in [0.2, 0.25) is 10.0 Å². The van der Waals surface area contributed by atoms with Gasteiger partial charge in [-0.1, -0.05) is 37.0 Å². The normalized spacial score (nSPS) is 11.4. The lowest BCUT2D eigenvalue weighted by Crippen LogP contribution is -1.98. The molecule has 0 radical (unpaired) electrons. The number of fused-ring (bicyclic) bond motifs is 1. The van der Waals surface area contributed by atoms with E-state index in [1.807, 2.05) is 0 Å². The van der Waals surface area contributed by atoms with Gasteiger partial charge in [-0.15, -0.1) is 0 Å². The van der Waals surface area contributed by atoms with Gasteiger partial charge in [0.25, 0.3) is 0 Å². The summed E-state index contributed by atoms with van der Waals surface area (Å²) in [7, 11) is 0. The molecule has 17 heavy (non-hydrogen) atoms. The molecule has 0 saturated heterocycles. The third-order valence-electron chi connectivity index (χ3n) is 2.45. The van der Waals surface area contributed by atoms with Crippen LogP contribution < -0.4 is 0 Å². The molecule has 0 saturated carbocycles. The fourth-order valence-electron chi connectivity index (χ4n) is 1.81. The third-order valence-corrected chi connectivity index (χ3v) is 3.04. The molecule has 90 valence electrons. The van der Waals surface area contributed by atoms with Crippen molar-refractivity contribution < 1.29 is 4.39 Å². The zero-order chi connectivity index (χ0) is 12.6. The highest BCUT2D eigenvalue weighted by atomic mass is 35.5. The highest BCUT2D eigenvalue weighted by Crippen LogP contribution is 2.31. The molecule has 2 aromatic rings. The van der Waals surface area contributed by atoms with Gasteiger partial charge in [-0.25, -0.2) is 4.39 Å². The van der Waals surface area contributed by atoms with E-state index in [2.05, 4.69) is 18.8 Å². The van der Waals surface area contributed by atoms with Crippen LogP contribution in [0, 0.1) is 11.7 Å². The average Bonchev–Trinajstić information content (AvgIpc) is 2.13. The molecule has 0 aliphatic carbocycles. The van der Waals surface area contributed by atoms with Gasteiger partial charge in [0.1, 0.15) is 5.82 Å². The third kappa shape index (κ3) is 2.70. The molecule has 0 atom stereocenters. The number of rotatable bonds is 2. The maximum atomic E-state index is 13.3. The van der Waals surface area contributed by atoms with E-state index in [9.17, 15) is 4.39 Å². The molecule has 0 N–H and O–H groups in total. The van der Waals surface area contributed by atoms with Gasteiger partial charge < -0.3 is 0 Å². The number of pyridine rings is 1. The van der Waals surface area contributed by atoms with E-state index in [0.29, 0.717) is 26.9 Å².